The zero-order valence-corrected chi connectivity index (χ0v) is 14.8. The second-order valence-electron chi connectivity index (χ2n) is 5.95. The lowest BCUT2D eigenvalue weighted by Gasteiger charge is -2.33. The molecule has 0 amide bonds. The molecule has 0 bridgehead atoms. The summed E-state index contributed by atoms with van der Waals surface area (Å²) in [5.74, 6) is 0. The van der Waals surface area contributed by atoms with Gasteiger partial charge in [0.15, 0.2) is 0 Å². The molecule has 1 aliphatic rings. The summed E-state index contributed by atoms with van der Waals surface area (Å²) in [5, 5.41) is 11.1. The normalized spacial score (nSPS) is 17.2. The van der Waals surface area contributed by atoms with E-state index in [0.29, 0.717) is 18.0 Å². The molecule has 2 heterocycles. The Morgan fingerprint density at radius 2 is 1.92 bits per heavy atom. The summed E-state index contributed by atoms with van der Waals surface area (Å²) in [4.78, 5) is 2.62. The van der Waals surface area contributed by atoms with E-state index in [1.54, 1.807) is 22.5 Å². The molecule has 2 aromatic rings. The molecule has 0 aliphatic carbocycles. The van der Waals surface area contributed by atoms with Crippen LogP contribution >= 0.6 is 0 Å². The van der Waals surface area contributed by atoms with E-state index in [1.807, 2.05) is 6.92 Å². The monoisotopic (exact) mass is 350 g/mol. The van der Waals surface area contributed by atoms with Gasteiger partial charge in [-0.1, -0.05) is 6.92 Å². The van der Waals surface area contributed by atoms with Crippen LogP contribution in [0.1, 0.15) is 18.9 Å². The number of hydrogen-bond acceptors (Lipinski definition) is 6. The lowest BCUT2D eigenvalue weighted by Crippen LogP contribution is -2.48. The van der Waals surface area contributed by atoms with E-state index in [0.717, 1.165) is 37.3 Å². The SMILES string of the molecule is CCCN1CCN(S(=O)(=O)c2ccc(-n3cnnn3)c(C)c2)CC1. The lowest BCUT2D eigenvalue weighted by molar-refractivity contribution is 0.188. The van der Waals surface area contributed by atoms with Crippen molar-refractivity contribution in [3.8, 4) is 5.69 Å². The zero-order chi connectivity index (χ0) is 17.2. The van der Waals surface area contributed by atoms with E-state index in [2.05, 4.69) is 27.3 Å². The third-order valence-corrected chi connectivity index (χ3v) is 6.17. The fourth-order valence-electron chi connectivity index (χ4n) is 2.98. The van der Waals surface area contributed by atoms with Gasteiger partial charge in [0.25, 0.3) is 0 Å². The van der Waals surface area contributed by atoms with Crippen LogP contribution in [0.2, 0.25) is 0 Å². The number of aryl methyl sites for hydroxylation is 1. The predicted octanol–water partition coefficient (Wildman–Crippen LogP) is 0.687. The summed E-state index contributed by atoms with van der Waals surface area (Å²) in [6, 6.07) is 5.05. The summed E-state index contributed by atoms with van der Waals surface area (Å²) in [6.07, 6.45) is 2.58. The maximum atomic E-state index is 12.9. The first-order valence-electron chi connectivity index (χ1n) is 8.09. The van der Waals surface area contributed by atoms with Crippen LogP contribution in [0.25, 0.3) is 5.69 Å². The highest BCUT2D eigenvalue weighted by Crippen LogP contribution is 2.22. The molecule has 9 heteroatoms. The Balaban J connectivity index is 1.79. The number of nitrogens with zero attached hydrogens (tertiary/aromatic N) is 6. The van der Waals surface area contributed by atoms with Crippen molar-refractivity contribution in [2.24, 2.45) is 0 Å². The largest absolute Gasteiger partial charge is 0.301 e. The molecule has 1 fully saturated rings. The maximum Gasteiger partial charge on any atom is 0.243 e. The lowest BCUT2D eigenvalue weighted by atomic mass is 10.2. The fraction of sp³-hybridized carbons (Fsp3) is 0.533. The minimum atomic E-state index is -3.46. The first-order chi connectivity index (χ1) is 11.5. The standard InChI is InChI=1S/C15H22N6O2S/c1-3-6-19-7-9-20(10-8-19)24(22,23)14-4-5-15(13(2)11-14)21-12-16-17-18-21/h4-5,11-12H,3,6-10H2,1-2H3. The molecule has 0 N–H and O–H groups in total. The average Bonchev–Trinajstić information content (AvgIpc) is 3.10. The minimum absolute atomic E-state index is 0.320. The van der Waals surface area contributed by atoms with E-state index in [1.165, 1.54) is 11.0 Å². The Hall–Kier alpha value is -1.84. The van der Waals surface area contributed by atoms with E-state index in [9.17, 15) is 8.42 Å². The molecule has 8 nitrogen and oxygen atoms in total. The Kier molecular flexibility index (Phi) is 4.93. The van der Waals surface area contributed by atoms with Crippen LogP contribution < -0.4 is 0 Å². The topological polar surface area (TPSA) is 84.2 Å². The maximum absolute atomic E-state index is 12.9. The first kappa shape index (κ1) is 17.0. The Labute approximate surface area is 142 Å². The number of sulfonamides is 1. The van der Waals surface area contributed by atoms with E-state index in [-0.39, 0.29) is 0 Å². The molecular weight excluding hydrogens is 328 g/mol. The van der Waals surface area contributed by atoms with E-state index >= 15 is 0 Å². The molecule has 1 aliphatic heterocycles. The van der Waals surface area contributed by atoms with Gasteiger partial charge in [0.05, 0.1) is 10.6 Å². The van der Waals surface area contributed by atoms with Crippen LogP contribution in [0.3, 0.4) is 0 Å². The molecule has 3 rings (SSSR count). The summed E-state index contributed by atoms with van der Waals surface area (Å²) >= 11 is 0. The third kappa shape index (κ3) is 3.33. The minimum Gasteiger partial charge on any atom is -0.301 e. The van der Waals surface area contributed by atoms with Gasteiger partial charge in [-0.05, 0) is 54.1 Å². The van der Waals surface area contributed by atoms with Crippen LogP contribution in [-0.2, 0) is 10.0 Å². The van der Waals surface area contributed by atoms with Gasteiger partial charge < -0.3 is 4.90 Å². The number of rotatable bonds is 5. The van der Waals surface area contributed by atoms with Crippen molar-refractivity contribution in [3.63, 3.8) is 0 Å². The highest BCUT2D eigenvalue weighted by atomic mass is 32.2. The summed E-state index contributed by atoms with van der Waals surface area (Å²) in [6.45, 7) is 7.66. The summed E-state index contributed by atoms with van der Waals surface area (Å²) in [5.41, 5.74) is 1.58. The third-order valence-electron chi connectivity index (χ3n) is 4.27. The van der Waals surface area contributed by atoms with Crippen molar-refractivity contribution < 1.29 is 8.42 Å². The smallest absolute Gasteiger partial charge is 0.243 e. The summed E-state index contributed by atoms with van der Waals surface area (Å²) < 4.78 is 28.8. The number of hydrogen-bond donors (Lipinski definition) is 0. The van der Waals surface area contributed by atoms with Crippen molar-refractivity contribution in [1.29, 1.82) is 0 Å². The van der Waals surface area contributed by atoms with Gasteiger partial charge >= 0.3 is 0 Å². The van der Waals surface area contributed by atoms with Gasteiger partial charge in [-0.25, -0.2) is 13.1 Å². The predicted molar refractivity (Wildman–Crippen MR) is 89.4 cm³/mol. The molecule has 0 spiro atoms. The zero-order valence-electron chi connectivity index (χ0n) is 14.0. The highest BCUT2D eigenvalue weighted by Gasteiger charge is 2.28. The number of benzene rings is 1. The molecule has 1 aromatic carbocycles. The van der Waals surface area contributed by atoms with Gasteiger partial charge in [-0.15, -0.1) is 5.10 Å². The van der Waals surface area contributed by atoms with Crippen molar-refractivity contribution in [3.05, 3.63) is 30.1 Å². The molecule has 0 unspecified atom stereocenters. The highest BCUT2D eigenvalue weighted by molar-refractivity contribution is 7.89. The number of piperazine rings is 1. The van der Waals surface area contributed by atoms with E-state index < -0.39 is 10.0 Å². The Morgan fingerprint density at radius 3 is 2.50 bits per heavy atom. The fourth-order valence-corrected chi connectivity index (χ4v) is 4.48. The second kappa shape index (κ2) is 6.96. The second-order valence-corrected chi connectivity index (χ2v) is 7.89. The number of aromatic nitrogens is 4. The van der Waals surface area contributed by atoms with Crippen LogP contribution in [-0.4, -0.2) is 70.6 Å². The average molecular weight is 350 g/mol. The molecular formula is C15H22N6O2S. The van der Waals surface area contributed by atoms with Crippen LogP contribution in [0, 0.1) is 6.92 Å². The molecule has 130 valence electrons. The van der Waals surface area contributed by atoms with Crippen LogP contribution in [0.15, 0.2) is 29.4 Å². The molecule has 0 atom stereocenters. The Bertz CT molecular complexity index is 782. The number of tetrazole rings is 1. The van der Waals surface area contributed by atoms with Gasteiger partial charge in [0.1, 0.15) is 6.33 Å². The molecule has 24 heavy (non-hydrogen) atoms. The van der Waals surface area contributed by atoms with Crippen LogP contribution in [0.5, 0.6) is 0 Å². The Morgan fingerprint density at radius 1 is 1.17 bits per heavy atom. The van der Waals surface area contributed by atoms with Crippen LogP contribution in [0.4, 0.5) is 0 Å². The van der Waals surface area contributed by atoms with Crippen molar-refractivity contribution >= 4 is 10.0 Å². The first-order valence-corrected chi connectivity index (χ1v) is 9.53. The molecule has 0 radical (unpaired) electrons. The van der Waals surface area contributed by atoms with Gasteiger partial charge in [0, 0.05) is 26.2 Å². The summed E-state index contributed by atoms with van der Waals surface area (Å²) in [7, 11) is -3.46. The van der Waals surface area contributed by atoms with Gasteiger partial charge in [0.2, 0.25) is 10.0 Å². The molecule has 1 aromatic heterocycles. The quantitative estimate of drug-likeness (QED) is 0.789. The van der Waals surface area contributed by atoms with E-state index in [4.69, 9.17) is 0 Å². The molecule has 0 saturated carbocycles. The van der Waals surface area contributed by atoms with Gasteiger partial charge in [-0.2, -0.15) is 4.31 Å². The van der Waals surface area contributed by atoms with Gasteiger partial charge in [-0.3, -0.25) is 0 Å². The van der Waals surface area contributed by atoms with Crippen molar-refractivity contribution in [2.75, 3.05) is 32.7 Å². The molecule has 1 saturated heterocycles. The van der Waals surface area contributed by atoms with Crippen molar-refractivity contribution in [2.45, 2.75) is 25.2 Å². The van der Waals surface area contributed by atoms with Crippen molar-refractivity contribution in [1.82, 2.24) is 29.4 Å².